The molecule has 0 spiro atoms. The first kappa shape index (κ1) is 13.4. The summed E-state index contributed by atoms with van der Waals surface area (Å²) in [6.07, 6.45) is -0.188. The highest BCUT2D eigenvalue weighted by molar-refractivity contribution is 9.10. The molecule has 0 unspecified atom stereocenters. The number of carbonyl (C=O) groups is 1. The maximum Gasteiger partial charge on any atom is 0.407 e. The molecule has 2 N–H and O–H groups in total. The maximum atomic E-state index is 11.0. The second-order valence-electron chi connectivity index (χ2n) is 4.88. The summed E-state index contributed by atoms with van der Waals surface area (Å²) < 4.78 is 2.71. The second-order valence-corrected chi connectivity index (χ2v) is 5.80. The Kier molecular flexibility index (Phi) is 3.39. The van der Waals surface area contributed by atoms with Gasteiger partial charge in [-0.25, -0.2) is 4.79 Å². The lowest BCUT2D eigenvalue weighted by Crippen LogP contribution is -2.27. The fraction of sp³-hybridized carbons (Fsp3) is 0.385. The van der Waals surface area contributed by atoms with E-state index in [1.807, 2.05) is 18.2 Å². The van der Waals surface area contributed by atoms with Gasteiger partial charge in [-0.05, 0) is 24.6 Å². The van der Waals surface area contributed by atoms with Crippen molar-refractivity contribution in [1.29, 1.82) is 0 Å². The van der Waals surface area contributed by atoms with Crippen molar-refractivity contribution in [1.82, 2.24) is 14.7 Å². The van der Waals surface area contributed by atoms with Gasteiger partial charge in [0.2, 0.25) is 0 Å². The molecular formula is C13H14BrN3O3. The first-order valence-electron chi connectivity index (χ1n) is 6.35. The quantitative estimate of drug-likeness (QED) is 0.879. The summed E-state index contributed by atoms with van der Waals surface area (Å²) in [6.45, 7) is 0.804. The second kappa shape index (κ2) is 5.06. The highest BCUT2D eigenvalue weighted by atomic mass is 79.9. The van der Waals surface area contributed by atoms with Crippen LogP contribution in [0.2, 0.25) is 0 Å². The monoisotopic (exact) mass is 339 g/mol. The summed E-state index contributed by atoms with van der Waals surface area (Å²) in [6, 6.07) is 5.70. The lowest BCUT2D eigenvalue weighted by molar-refractivity contribution is 0.153. The number of rotatable bonds is 2. The number of aliphatic hydroxyl groups is 1. The van der Waals surface area contributed by atoms with Crippen LogP contribution in [0.5, 0.6) is 0 Å². The van der Waals surface area contributed by atoms with Gasteiger partial charge in [0.25, 0.3) is 0 Å². The molecule has 1 aromatic carbocycles. The van der Waals surface area contributed by atoms with E-state index in [-0.39, 0.29) is 12.6 Å². The standard InChI is InChI=1S/C13H14BrN3O3/c14-8-1-2-11-10(5-8)12(7-18)17(15-11)9-3-4-16(6-9)13(19)20/h1-2,5,9,18H,3-4,6-7H2,(H,19,20)/t9-/m0/s1. The van der Waals surface area contributed by atoms with Crippen molar-refractivity contribution in [3.63, 3.8) is 0 Å². The van der Waals surface area contributed by atoms with E-state index in [1.165, 1.54) is 4.90 Å². The van der Waals surface area contributed by atoms with Gasteiger partial charge in [-0.15, -0.1) is 0 Å². The van der Waals surface area contributed by atoms with Crippen LogP contribution in [0.15, 0.2) is 22.7 Å². The molecule has 0 saturated carbocycles. The number of amides is 1. The van der Waals surface area contributed by atoms with Crippen LogP contribution in [0.4, 0.5) is 4.79 Å². The van der Waals surface area contributed by atoms with E-state index in [1.54, 1.807) is 4.68 Å². The Morgan fingerprint density at radius 3 is 2.95 bits per heavy atom. The topological polar surface area (TPSA) is 78.6 Å². The number of carboxylic acid groups (broad SMARTS) is 1. The molecule has 106 valence electrons. The number of hydrogen-bond acceptors (Lipinski definition) is 3. The van der Waals surface area contributed by atoms with Crippen LogP contribution in [0.3, 0.4) is 0 Å². The van der Waals surface area contributed by atoms with Gasteiger partial charge in [0.1, 0.15) is 0 Å². The van der Waals surface area contributed by atoms with Crippen molar-refractivity contribution >= 4 is 32.9 Å². The molecule has 20 heavy (non-hydrogen) atoms. The molecule has 1 amide bonds. The van der Waals surface area contributed by atoms with Gasteiger partial charge in [0.15, 0.2) is 0 Å². The Labute approximate surface area is 123 Å². The third-order valence-electron chi connectivity index (χ3n) is 3.69. The third kappa shape index (κ3) is 2.16. The van der Waals surface area contributed by atoms with Crippen molar-refractivity contribution in [3.05, 3.63) is 28.4 Å². The molecule has 6 nitrogen and oxygen atoms in total. The molecule has 7 heteroatoms. The van der Waals surface area contributed by atoms with Crippen molar-refractivity contribution in [2.75, 3.05) is 13.1 Å². The van der Waals surface area contributed by atoms with Crippen molar-refractivity contribution in [2.45, 2.75) is 19.1 Å². The van der Waals surface area contributed by atoms with Crippen LogP contribution < -0.4 is 0 Å². The molecule has 1 aromatic heterocycles. The molecule has 3 rings (SSSR count). The van der Waals surface area contributed by atoms with Gasteiger partial charge in [-0.1, -0.05) is 15.9 Å². The largest absolute Gasteiger partial charge is 0.465 e. The van der Waals surface area contributed by atoms with E-state index in [4.69, 9.17) is 5.11 Å². The van der Waals surface area contributed by atoms with E-state index in [0.29, 0.717) is 19.5 Å². The van der Waals surface area contributed by atoms with Crippen LogP contribution in [-0.4, -0.2) is 44.1 Å². The van der Waals surface area contributed by atoms with E-state index >= 15 is 0 Å². The van der Waals surface area contributed by atoms with Gasteiger partial charge < -0.3 is 15.1 Å². The highest BCUT2D eigenvalue weighted by Crippen LogP contribution is 2.29. The summed E-state index contributed by atoms with van der Waals surface area (Å²) >= 11 is 3.41. The molecule has 0 radical (unpaired) electrons. The van der Waals surface area contributed by atoms with Gasteiger partial charge in [0, 0.05) is 22.9 Å². The summed E-state index contributed by atoms with van der Waals surface area (Å²) in [4.78, 5) is 12.4. The number of nitrogens with zero attached hydrogens (tertiary/aromatic N) is 3. The Balaban J connectivity index is 2.01. The molecular weight excluding hydrogens is 326 g/mol. The fourth-order valence-corrected chi connectivity index (χ4v) is 3.06. The molecule has 0 bridgehead atoms. The van der Waals surface area contributed by atoms with Crippen LogP contribution >= 0.6 is 15.9 Å². The van der Waals surface area contributed by atoms with Crippen molar-refractivity contribution in [3.8, 4) is 0 Å². The molecule has 1 aliphatic heterocycles. The molecule has 1 fully saturated rings. The van der Waals surface area contributed by atoms with Gasteiger partial charge >= 0.3 is 6.09 Å². The summed E-state index contributed by atoms with van der Waals surface area (Å²) in [7, 11) is 0. The zero-order chi connectivity index (χ0) is 14.3. The Morgan fingerprint density at radius 2 is 2.30 bits per heavy atom. The summed E-state index contributed by atoms with van der Waals surface area (Å²) in [5.41, 5.74) is 1.55. The number of hydrogen-bond donors (Lipinski definition) is 2. The highest BCUT2D eigenvalue weighted by Gasteiger charge is 2.29. The minimum Gasteiger partial charge on any atom is -0.465 e. The van der Waals surface area contributed by atoms with Crippen LogP contribution in [0, 0.1) is 0 Å². The lowest BCUT2D eigenvalue weighted by Gasteiger charge is -2.14. The normalized spacial score (nSPS) is 18.9. The fourth-order valence-electron chi connectivity index (χ4n) is 2.70. The maximum absolute atomic E-state index is 11.0. The van der Waals surface area contributed by atoms with Crippen LogP contribution in [0.1, 0.15) is 18.2 Å². The molecule has 2 heterocycles. The Hall–Kier alpha value is -1.60. The number of benzene rings is 1. The minimum absolute atomic E-state index is 0.0144. The third-order valence-corrected chi connectivity index (χ3v) is 4.18. The number of fused-ring (bicyclic) bond motifs is 1. The minimum atomic E-state index is -0.905. The molecule has 1 atom stereocenters. The zero-order valence-corrected chi connectivity index (χ0v) is 12.2. The van der Waals surface area contributed by atoms with Crippen molar-refractivity contribution < 1.29 is 15.0 Å². The molecule has 2 aromatic rings. The van der Waals surface area contributed by atoms with Gasteiger partial charge in [0.05, 0.1) is 23.9 Å². The van der Waals surface area contributed by atoms with E-state index in [0.717, 1.165) is 21.1 Å². The first-order chi connectivity index (χ1) is 9.60. The number of halogens is 1. The van der Waals surface area contributed by atoms with Crippen LogP contribution in [0.25, 0.3) is 10.9 Å². The van der Waals surface area contributed by atoms with Gasteiger partial charge in [-0.3, -0.25) is 4.68 Å². The smallest absolute Gasteiger partial charge is 0.407 e. The first-order valence-corrected chi connectivity index (χ1v) is 7.15. The SMILES string of the molecule is O=C(O)N1CC[C@H](n2nc3ccc(Br)cc3c2CO)C1. The van der Waals surface area contributed by atoms with E-state index in [2.05, 4.69) is 21.0 Å². The lowest BCUT2D eigenvalue weighted by atomic mass is 10.2. The Bertz CT molecular complexity index is 670. The van der Waals surface area contributed by atoms with Crippen molar-refractivity contribution in [2.24, 2.45) is 0 Å². The molecule has 0 aliphatic carbocycles. The van der Waals surface area contributed by atoms with Gasteiger partial charge in [-0.2, -0.15) is 5.10 Å². The number of aliphatic hydroxyl groups excluding tert-OH is 1. The average molecular weight is 340 g/mol. The van der Waals surface area contributed by atoms with Crippen LogP contribution in [-0.2, 0) is 6.61 Å². The average Bonchev–Trinajstić information content (AvgIpc) is 3.01. The summed E-state index contributed by atoms with van der Waals surface area (Å²) in [5, 5.41) is 24.1. The predicted molar refractivity (Wildman–Crippen MR) is 76.6 cm³/mol. The Morgan fingerprint density at radius 1 is 1.50 bits per heavy atom. The number of aromatic nitrogens is 2. The zero-order valence-electron chi connectivity index (χ0n) is 10.7. The van der Waals surface area contributed by atoms with E-state index in [9.17, 15) is 9.90 Å². The predicted octanol–water partition coefficient (Wildman–Crippen LogP) is 2.22. The molecule has 1 saturated heterocycles. The van der Waals surface area contributed by atoms with E-state index < -0.39 is 6.09 Å². The number of likely N-dealkylation sites (tertiary alicyclic amines) is 1. The molecule has 1 aliphatic rings. The summed E-state index contributed by atoms with van der Waals surface area (Å²) in [5.74, 6) is 0.